The van der Waals surface area contributed by atoms with Gasteiger partial charge in [-0.05, 0) is 50.2 Å². The first kappa shape index (κ1) is 13.5. The highest BCUT2D eigenvalue weighted by molar-refractivity contribution is 5.97. The predicted octanol–water partition coefficient (Wildman–Crippen LogP) is 3.50. The zero-order valence-electron chi connectivity index (χ0n) is 12.1. The van der Waals surface area contributed by atoms with Crippen LogP contribution in [0.4, 0.5) is 0 Å². The van der Waals surface area contributed by atoms with E-state index in [1.54, 1.807) is 6.07 Å². The molecule has 1 aromatic carbocycles. The zero-order valence-corrected chi connectivity index (χ0v) is 12.1. The normalized spacial score (nSPS) is 23.4. The van der Waals surface area contributed by atoms with Crippen LogP contribution in [0.3, 0.4) is 0 Å². The summed E-state index contributed by atoms with van der Waals surface area (Å²) in [4.78, 5) is 14.8. The summed E-state index contributed by atoms with van der Waals surface area (Å²) in [5.74, 6) is 0.837. The molecular weight excluding hydrogens is 250 g/mol. The minimum Gasteiger partial charge on any atom is -0.507 e. The van der Waals surface area contributed by atoms with Crippen LogP contribution >= 0.6 is 0 Å². The Bertz CT molecular complexity index is 506. The molecule has 1 N–H and O–H groups in total. The molecule has 3 heteroatoms. The first-order valence-corrected chi connectivity index (χ1v) is 7.78. The first-order chi connectivity index (χ1) is 9.68. The molecule has 1 aliphatic carbocycles. The van der Waals surface area contributed by atoms with Gasteiger partial charge in [-0.15, -0.1) is 0 Å². The van der Waals surface area contributed by atoms with Crippen LogP contribution in [0.15, 0.2) is 18.2 Å². The Hall–Kier alpha value is -1.51. The van der Waals surface area contributed by atoms with Gasteiger partial charge in [0.25, 0.3) is 5.91 Å². The molecule has 0 spiro atoms. The average Bonchev–Trinajstić information content (AvgIpc) is 3.10. The Kier molecular flexibility index (Phi) is 3.68. The lowest BCUT2D eigenvalue weighted by Gasteiger charge is -2.29. The van der Waals surface area contributed by atoms with Gasteiger partial charge in [0.2, 0.25) is 0 Å². The summed E-state index contributed by atoms with van der Waals surface area (Å²) in [7, 11) is 0. The van der Waals surface area contributed by atoms with Crippen LogP contribution in [0.5, 0.6) is 5.75 Å². The summed E-state index contributed by atoms with van der Waals surface area (Å²) in [6.45, 7) is 2.68. The molecule has 20 heavy (non-hydrogen) atoms. The number of likely N-dealkylation sites (tertiary alicyclic amines) is 1. The highest BCUT2D eigenvalue weighted by Crippen LogP contribution is 2.36. The van der Waals surface area contributed by atoms with Crippen LogP contribution in [0.1, 0.15) is 54.4 Å². The number of nitrogens with zero attached hydrogens (tertiary/aromatic N) is 1. The Morgan fingerprint density at radius 3 is 2.70 bits per heavy atom. The van der Waals surface area contributed by atoms with Crippen LogP contribution in [0.25, 0.3) is 0 Å². The molecule has 1 aromatic rings. The lowest BCUT2D eigenvalue weighted by Crippen LogP contribution is -2.39. The lowest BCUT2D eigenvalue weighted by atomic mass is 9.95. The van der Waals surface area contributed by atoms with Gasteiger partial charge < -0.3 is 10.0 Å². The van der Waals surface area contributed by atoms with Crippen molar-refractivity contribution in [3.63, 3.8) is 0 Å². The topological polar surface area (TPSA) is 40.5 Å². The van der Waals surface area contributed by atoms with E-state index in [1.165, 1.54) is 25.7 Å². The number of para-hydroxylation sites is 1. The van der Waals surface area contributed by atoms with Crippen molar-refractivity contribution in [3.8, 4) is 5.75 Å². The summed E-state index contributed by atoms with van der Waals surface area (Å²) >= 11 is 0. The molecule has 1 heterocycles. The van der Waals surface area contributed by atoms with E-state index in [0.29, 0.717) is 17.5 Å². The maximum atomic E-state index is 12.8. The standard InChI is InChI=1S/C17H23NO2/c1-12-6-4-9-14(16(12)19)17(20)18-11-5-10-15(18)13-7-2-3-8-13/h4,6,9,13,15,19H,2-3,5,7-8,10-11H2,1H3. The third-order valence-electron chi connectivity index (χ3n) is 4.97. The van der Waals surface area contributed by atoms with E-state index >= 15 is 0 Å². The molecule has 1 amide bonds. The third-order valence-corrected chi connectivity index (χ3v) is 4.97. The number of benzene rings is 1. The maximum Gasteiger partial charge on any atom is 0.257 e. The SMILES string of the molecule is Cc1cccc(C(=O)N2CCCC2C2CCCC2)c1O. The summed E-state index contributed by atoms with van der Waals surface area (Å²) in [6.07, 6.45) is 7.35. The number of carbonyl (C=O) groups is 1. The van der Waals surface area contributed by atoms with Crippen molar-refractivity contribution in [1.29, 1.82) is 0 Å². The van der Waals surface area contributed by atoms with E-state index in [2.05, 4.69) is 0 Å². The summed E-state index contributed by atoms with van der Waals surface area (Å²) in [5.41, 5.74) is 1.24. The number of aromatic hydroxyl groups is 1. The van der Waals surface area contributed by atoms with E-state index < -0.39 is 0 Å². The van der Waals surface area contributed by atoms with Crippen molar-refractivity contribution in [2.24, 2.45) is 5.92 Å². The van der Waals surface area contributed by atoms with Crippen molar-refractivity contribution >= 4 is 5.91 Å². The lowest BCUT2D eigenvalue weighted by molar-refractivity contribution is 0.0686. The van der Waals surface area contributed by atoms with Gasteiger partial charge in [-0.2, -0.15) is 0 Å². The van der Waals surface area contributed by atoms with Gasteiger partial charge in [-0.1, -0.05) is 25.0 Å². The minimum atomic E-state index is 0.0144. The smallest absolute Gasteiger partial charge is 0.257 e. The van der Waals surface area contributed by atoms with Crippen LogP contribution in [0, 0.1) is 12.8 Å². The number of hydrogen-bond donors (Lipinski definition) is 1. The highest BCUT2D eigenvalue weighted by atomic mass is 16.3. The van der Waals surface area contributed by atoms with Crippen molar-refractivity contribution in [3.05, 3.63) is 29.3 Å². The Labute approximate surface area is 120 Å². The van der Waals surface area contributed by atoms with Crippen molar-refractivity contribution < 1.29 is 9.90 Å². The number of amides is 1. The summed E-state index contributed by atoms with van der Waals surface area (Å²) in [6, 6.07) is 5.83. The van der Waals surface area contributed by atoms with Crippen LogP contribution in [-0.2, 0) is 0 Å². The van der Waals surface area contributed by atoms with E-state index in [4.69, 9.17) is 0 Å². The largest absolute Gasteiger partial charge is 0.507 e. The molecular formula is C17H23NO2. The first-order valence-electron chi connectivity index (χ1n) is 7.78. The molecule has 0 aromatic heterocycles. The van der Waals surface area contributed by atoms with Gasteiger partial charge in [0.15, 0.2) is 0 Å². The number of phenolic OH excluding ortho intramolecular Hbond substituents is 1. The molecule has 108 valence electrons. The molecule has 1 atom stereocenters. The van der Waals surface area contributed by atoms with Crippen molar-refractivity contribution in [2.45, 2.75) is 51.5 Å². The molecule has 0 radical (unpaired) electrons. The second-order valence-electron chi connectivity index (χ2n) is 6.22. The monoisotopic (exact) mass is 273 g/mol. The van der Waals surface area contributed by atoms with Gasteiger partial charge in [0, 0.05) is 12.6 Å². The summed E-state index contributed by atoms with van der Waals surface area (Å²) in [5, 5.41) is 10.1. The number of carbonyl (C=O) groups excluding carboxylic acids is 1. The van der Waals surface area contributed by atoms with Gasteiger partial charge >= 0.3 is 0 Å². The molecule has 1 aliphatic heterocycles. The number of rotatable bonds is 2. The molecule has 1 saturated carbocycles. The Balaban J connectivity index is 1.83. The second kappa shape index (κ2) is 5.47. The van der Waals surface area contributed by atoms with E-state index in [0.717, 1.165) is 24.9 Å². The van der Waals surface area contributed by atoms with Crippen LogP contribution in [0.2, 0.25) is 0 Å². The zero-order chi connectivity index (χ0) is 14.1. The Morgan fingerprint density at radius 1 is 1.20 bits per heavy atom. The van der Waals surface area contributed by atoms with Crippen molar-refractivity contribution in [1.82, 2.24) is 4.90 Å². The van der Waals surface area contributed by atoms with Crippen LogP contribution < -0.4 is 0 Å². The van der Waals surface area contributed by atoms with E-state index in [1.807, 2.05) is 24.0 Å². The number of hydrogen-bond acceptors (Lipinski definition) is 2. The van der Waals surface area contributed by atoms with Gasteiger partial charge in [-0.3, -0.25) is 4.79 Å². The highest BCUT2D eigenvalue weighted by Gasteiger charge is 2.36. The average molecular weight is 273 g/mol. The van der Waals surface area contributed by atoms with Crippen molar-refractivity contribution in [2.75, 3.05) is 6.54 Å². The van der Waals surface area contributed by atoms with Crippen LogP contribution in [-0.4, -0.2) is 28.5 Å². The number of aryl methyl sites for hydroxylation is 1. The minimum absolute atomic E-state index is 0.0144. The Morgan fingerprint density at radius 2 is 1.95 bits per heavy atom. The molecule has 1 saturated heterocycles. The van der Waals surface area contributed by atoms with E-state index in [-0.39, 0.29) is 11.7 Å². The molecule has 0 bridgehead atoms. The molecule has 2 fully saturated rings. The fourth-order valence-corrected chi connectivity index (χ4v) is 3.86. The number of phenols is 1. The molecule has 2 aliphatic rings. The maximum absolute atomic E-state index is 12.8. The predicted molar refractivity (Wildman–Crippen MR) is 78.9 cm³/mol. The third kappa shape index (κ3) is 2.30. The second-order valence-corrected chi connectivity index (χ2v) is 6.22. The summed E-state index contributed by atoms with van der Waals surface area (Å²) < 4.78 is 0. The van der Waals surface area contributed by atoms with Gasteiger partial charge in [0.05, 0.1) is 5.56 Å². The van der Waals surface area contributed by atoms with E-state index in [9.17, 15) is 9.90 Å². The quantitative estimate of drug-likeness (QED) is 0.896. The molecule has 1 unspecified atom stereocenters. The molecule has 3 nitrogen and oxygen atoms in total. The fourth-order valence-electron chi connectivity index (χ4n) is 3.86. The van der Waals surface area contributed by atoms with Gasteiger partial charge in [0.1, 0.15) is 5.75 Å². The molecule has 3 rings (SSSR count). The fraction of sp³-hybridized carbons (Fsp3) is 0.588. The van der Waals surface area contributed by atoms with Gasteiger partial charge in [-0.25, -0.2) is 0 Å².